The fraction of sp³-hybridized carbons (Fsp3) is 0.385. The molecule has 0 radical (unpaired) electrons. The predicted octanol–water partition coefficient (Wildman–Crippen LogP) is 3.43. The Kier molecular flexibility index (Phi) is 9.98. The van der Waals surface area contributed by atoms with Gasteiger partial charge in [0.15, 0.2) is 5.69 Å². The molecule has 36 heavy (non-hydrogen) atoms. The number of rotatable bonds is 13. The number of nitrogens with zero attached hydrogens (tertiary/aromatic N) is 2. The summed E-state index contributed by atoms with van der Waals surface area (Å²) in [6.45, 7) is 3.66. The van der Waals surface area contributed by atoms with Gasteiger partial charge in [0.05, 0.1) is 38.0 Å². The normalized spacial score (nSPS) is 13.6. The zero-order chi connectivity index (χ0) is 26.0. The number of nitrogens with one attached hydrogen (secondary N) is 2. The number of hydrogen-bond donors (Lipinski definition) is 3. The Bertz CT molecular complexity index is 1120. The highest BCUT2D eigenvalue weighted by atomic mass is 35.5. The molecule has 0 spiro atoms. The Morgan fingerprint density at radius 3 is 2.61 bits per heavy atom. The lowest BCUT2D eigenvalue weighted by Crippen LogP contribution is -2.45. The quantitative estimate of drug-likeness (QED) is 0.235. The number of carbonyl (C=O) groups excluding carboxylic acids is 2. The summed E-state index contributed by atoms with van der Waals surface area (Å²) in [6, 6.07) is 15.1. The number of aliphatic hydroxyl groups is 1. The highest BCUT2D eigenvalue weighted by Gasteiger charge is 2.38. The van der Waals surface area contributed by atoms with Gasteiger partial charge < -0.3 is 19.9 Å². The van der Waals surface area contributed by atoms with Crippen LogP contribution in [-0.4, -0.2) is 64.9 Å². The maximum absolute atomic E-state index is 12.9. The van der Waals surface area contributed by atoms with E-state index in [1.165, 1.54) is 6.20 Å². The number of hydrogen-bond acceptors (Lipinski definition) is 7. The van der Waals surface area contributed by atoms with Crippen molar-refractivity contribution in [1.82, 2.24) is 20.7 Å². The maximum Gasteiger partial charge on any atom is 0.314 e. The van der Waals surface area contributed by atoms with Crippen LogP contribution in [0.3, 0.4) is 0 Å². The van der Waals surface area contributed by atoms with Crippen LogP contribution in [0, 0.1) is 5.41 Å². The van der Waals surface area contributed by atoms with Crippen LogP contribution in [0.2, 0.25) is 5.02 Å². The molecule has 1 aromatic heterocycles. The number of esters is 1. The third kappa shape index (κ3) is 7.61. The largest absolute Gasteiger partial charge is 0.466 e. The van der Waals surface area contributed by atoms with E-state index >= 15 is 0 Å². The van der Waals surface area contributed by atoms with Gasteiger partial charge in [-0.25, -0.2) is 0 Å². The molecule has 192 valence electrons. The average Bonchev–Trinajstić information content (AvgIpc) is 3.40. The number of H-pyrrole nitrogens is 1. The van der Waals surface area contributed by atoms with Gasteiger partial charge in [0.1, 0.15) is 0 Å². The first kappa shape index (κ1) is 27.3. The minimum Gasteiger partial charge on any atom is -0.466 e. The molecule has 0 saturated carbocycles. The summed E-state index contributed by atoms with van der Waals surface area (Å²) in [7, 11) is 0. The van der Waals surface area contributed by atoms with Crippen LogP contribution in [0.15, 0.2) is 54.7 Å². The SMILES string of the molecule is CCOC(=O)[C@](C)(COCCO)C[C@@H](Cc1ccc(-c2cccc(Cl)c2)cc1)NC(=O)c1c[nH]nn1. The van der Waals surface area contributed by atoms with E-state index in [1.54, 1.807) is 13.8 Å². The van der Waals surface area contributed by atoms with Crippen LogP contribution in [0.25, 0.3) is 11.1 Å². The van der Waals surface area contributed by atoms with Crippen LogP contribution in [0.5, 0.6) is 0 Å². The summed E-state index contributed by atoms with van der Waals surface area (Å²) >= 11 is 6.13. The van der Waals surface area contributed by atoms with E-state index in [1.807, 2.05) is 48.5 Å². The van der Waals surface area contributed by atoms with Crippen LogP contribution >= 0.6 is 11.6 Å². The summed E-state index contributed by atoms with van der Waals surface area (Å²) in [5.41, 5.74) is 2.08. The second-order valence-electron chi connectivity index (χ2n) is 8.70. The van der Waals surface area contributed by atoms with Crippen LogP contribution in [0.4, 0.5) is 0 Å². The number of halogens is 1. The number of aromatic nitrogens is 3. The zero-order valence-electron chi connectivity index (χ0n) is 20.4. The fourth-order valence-corrected chi connectivity index (χ4v) is 4.13. The Labute approximate surface area is 215 Å². The van der Waals surface area contributed by atoms with Crippen molar-refractivity contribution in [2.75, 3.05) is 26.4 Å². The molecular weight excluding hydrogens is 484 g/mol. The lowest BCUT2D eigenvalue weighted by atomic mass is 9.82. The molecule has 2 aromatic carbocycles. The number of ether oxygens (including phenoxy) is 2. The van der Waals surface area contributed by atoms with Gasteiger partial charge in [-0.15, -0.1) is 5.10 Å². The van der Waals surface area contributed by atoms with E-state index in [9.17, 15) is 9.59 Å². The van der Waals surface area contributed by atoms with E-state index in [-0.39, 0.29) is 38.5 Å². The van der Waals surface area contributed by atoms with Crippen molar-refractivity contribution in [2.24, 2.45) is 5.41 Å². The lowest BCUT2D eigenvalue weighted by Gasteiger charge is -2.31. The molecule has 0 unspecified atom stereocenters. The van der Waals surface area contributed by atoms with Gasteiger partial charge in [-0.05, 0) is 55.5 Å². The van der Waals surface area contributed by atoms with Crippen molar-refractivity contribution in [1.29, 1.82) is 0 Å². The monoisotopic (exact) mass is 514 g/mol. The van der Waals surface area contributed by atoms with Gasteiger partial charge in [0.25, 0.3) is 5.91 Å². The summed E-state index contributed by atoms with van der Waals surface area (Å²) < 4.78 is 10.8. The van der Waals surface area contributed by atoms with Gasteiger partial charge in [-0.2, -0.15) is 0 Å². The molecule has 0 fully saturated rings. The molecule has 3 rings (SSSR count). The molecule has 0 aliphatic heterocycles. The second kappa shape index (κ2) is 13.2. The van der Waals surface area contributed by atoms with Gasteiger partial charge in [-0.3, -0.25) is 14.7 Å². The molecule has 0 bridgehead atoms. The highest BCUT2D eigenvalue weighted by Crippen LogP contribution is 2.29. The standard InChI is InChI=1S/C26H31ClN4O5/c1-3-36-25(34)26(2,17-35-12-11-32)15-22(29-24(33)23-16-28-31-30-23)13-18-7-9-19(10-8-18)20-5-4-6-21(27)14-20/h4-10,14,16,22,32H,3,11-13,15,17H2,1-2H3,(H,29,33)(H,28,30,31)/t22-,26+/m1/s1. The van der Waals surface area contributed by atoms with Crippen molar-refractivity contribution < 1.29 is 24.2 Å². The van der Waals surface area contributed by atoms with Gasteiger partial charge in [0.2, 0.25) is 0 Å². The van der Waals surface area contributed by atoms with Crippen LogP contribution in [0.1, 0.15) is 36.3 Å². The summed E-state index contributed by atoms with van der Waals surface area (Å²) in [5.74, 6) is -0.841. The van der Waals surface area contributed by atoms with Gasteiger partial charge in [-0.1, -0.05) is 53.2 Å². The van der Waals surface area contributed by atoms with Crippen molar-refractivity contribution in [3.05, 3.63) is 71.0 Å². The Morgan fingerprint density at radius 2 is 1.97 bits per heavy atom. The van der Waals surface area contributed by atoms with E-state index in [2.05, 4.69) is 20.7 Å². The summed E-state index contributed by atoms with van der Waals surface area (Å²) in [6.07, 6.45) is 2.10. The van der Waals surface area contributed by atoms with Crippen molar-refractivity contribution in [3.63, 3.8) is 0 Å². The molecule has 0 aliphatic carbocycles. The molecule has 1 amide bonds. The average molecular weight is 515 g/mol. The van der Waals surface area contributed by atoms with E-state index in [0.717, 1.165) is 16.7 Å². The molecule has 3 N–H and O–H groups in total. The van der Waals surface area contributed by atoms with Crippen molar-refractivity contribution in [3.8, 4) is 11.1 Å². The second-order valence-corrected chi connectivity index (χ2v) is 9.14. The van der Waals surface area contributed by atoms with Crippen LogP contribution in [-0.2, 0) is 20.7 Å². The number of aliphatic hydroxyl groups excluding tert-OH is 1. The lowest BCUT2D eigenvalue weighted by molar-refractivity contribution is -0.159. The topological polar surface area (TPSA) is 126 Å². The third-order valence-electron chi connectivity index (χ3n) is 5.70. The molecule has 9 nitrogen and oxygen atoms in total. The number of benzene rings is 2. The molecular formula is C26H31ClN4O5. The van der Waals surface area contributed by atoms with E-state index < -0.39 is 23.3 Å². The molecule has 3 aromatic rings. The van der Waals surface area contributed by atoms with Gasteiger partial charge in [0, 0.05) is 11.1 Å². The smallest absolute Gasteiger partial charge is 0.314 e. The first-order chi connectivity index (χ1) is 17.3. The van der Waals surface area contributed by atoms with Gasteiger partial charge >= 0.3 is 5.97 Å². The Hall–Kier alpha value is -3.27. The third-order valence-corrected chi connectivity index (χ3v) is 5.94. The molecule has 1 heterocycles. The number of aromatic amines is 1. The molecule has 0 saturated heterocycles. The molecule has 2 atom stereocenters. The molecule has 0 aliphatic rings. The maximum atomic E-state index is 12.9. The first-order valence-corrected chi connectivity index (χ1v) is 12.1. The number of amides is 1. The predicted molar refractivity (Wildman–Crippen MR) is 135 cm³/mol. The van der Waals surface area contributed by atoms with Crippen molar-refractivity contribution >= 4 is 23.5 Å². The minimum absolute atomic E-state index is 0.0381. The zero-order valence-corrected chi connectivity index (χ0v) is 21.1. The molecule has 10 heteroatoms. The summed E-state index contributed by atoms with van der Waals surface area (Å²) in [4.78, 5) is 25.7. The Morgan fingerprint density at radius 1 is 1.19 bits per heavy atom. The van der Waals surface area contributed by atoms with Crippen molar-refractivity contribution in [2.45, 2.75) is 32.7 Å². The Balaban J connectivity index is 1.82. The highest BCUT2D eigenvalue weighted by molar-refractivity contribution is 6.30. The number of carbonyl (C=O) groups is 2. The summed E-state index contributed by atoms with van der Waals surface area (Å²) in [5, 5.41) is 22.6. The minimum atomic E-state index is -1.05. The van der Waals surface area contributed by atoms with Crippen LogP contribution < -0.4 is 5.32 Å². The fourth-order valence-electron chi connectivity index (χ4n) is 3.94. The first-order valence-electron chi connectivity index (χ1n) is 11.7. The van der Waals surface area contributed by atoms with E-state index in [0.29, 0.717) is 11.4 Å². The van der Waals surface area contributed by atoms with E-state index in [4.69, 9.17) is 26.2 Å².